The normalized spacial score (nSPS) is 29.1. The fourth-order valence-corrected chi connectivity index (χ4v) is 3.88. The smallest absolute Gasteiger partial charge is 0.353 e. The van der Waals surface area contributed by atoms with Crippen molar-refractivity contribution in [3.63, 3.8) is 0 Å². The number of carbonyl (C=O) groups excluding carboxylic acids is 1. The predicted molar refractivity (Wildman–Crippen MR) is 72.4 cm³/mol. The molecule has 0 aromatic carbocycles. The first-order chi connectivity index (χ1) is 8.88. The van der Waals surface area contributed by atoms with Gasteiger partial charge in [0.1, 0.15) is 5.70 Å². The van der Waals surface area contributed by atoms with Crippen molar-refractivity contribution in [2.45, 2.75) is 51.0 Å². The number of hydrogen-bond donors (Lipinski definition) is 2. The number of hydrogen-bond acceptors (Lipinski definition) is 4. The molecule has 0 radical (unpaired) electrons. The highest BCUT2D eigenvalue weighted by Gasteiger charge is 2.56. The van der Waals surface area contributed by atoms with Gasteiger partial charge in [-0.15, -0.1) is 11.8 Å². The van der Waals surface area contributed by atoms with Gasteiger partial charge in [0.05, 0.1) is 18.1 Å². The Balaban J connectivity index is 2.24. The van der Waals surface area contributed by atoms with E-state index in [0.29, 0.717) is 11.7 Å². The van der Waals surface area contributed by atoms with Crippen molar-refractivity contribution in [2.75, 3.05) is 0 Å². The Kier molecular flexibility index (Phi) is 3.92. The number of carbonyl (C=O) groups is 2. The number of amides is 1. The molecule has 2 aliphatic rings. The van der Waals surface area contributed by atoms with E-state index >= 15 is 0 Å². The van der Waals surface area contributed by atoms with Crippen LogP contribution >= 0.6 is 11.8 Å². The molecule has 4 unspecified atom stereocenters. The molecule has 1 saturated heterocycles. The number of thioether (sulfide) groups is 1. The summed E-state index contributed by atoms with van der Waals surface area (Å²) in [6.45, 7) is 5.67. The predicted octanol–water partition coefficient (Wildman–Crippen LogP) is 1.43. The maximum absolute atomic E-state index is 12.0. The summed E-state index contributed by atoms with van der Waals surface area (Å²) in [5.74, 6) is -1.77. The van der Waals surface area contributed by atoms with E-state index < -0.39 is 18.0 Å². The second-order valence-corrected chi connectivity index (χ2v) is 6.69. The molecule has 0 aromatic heterocycles. The second-order valence-electron chi connectivity index (χ2n) is 5.16. The lowest BCUT2D eigenvalue weighted by molar-refractivity contribution is -0.161. The molecule has 0 aromatic rings. The molecule has 2 aliphatic heterocycles. The van der Waals surface area contributed by atoms with Gasteiger partial charge in [0.15, 0.2) is 0 Å². The largest absolute Gasteiger partial charge is 0.477 e. The van der Waals surface area contributed by atoms with Gasteiger partial charge in [0.2, 0.25) is 5.91 Å². The molecular formula is C13H19NO4S. The first kappa shape index (κ1) is 14.4. The summed E-state index contributed by atoms with van der Waals surface area (Å²) in [5, 5.41) is 19.2. The lowest BCUT2D eigenvalue weighted by atomic mass is 9.83. The molecule has 1 fully saturated rings. The van der Waals surface area contributed by atoms with E-state index in [9.17, 15) is 19.8 Å². The third-order valence-electron chi connectivity index (χ3n) is 3.81. The Hall–Kier alpha value is -1.01. The minimum atomic E-state index is -1.05. The Bertz CT molecular complexity index is 446. The SMILES string of the molecule is CCC(C)SC1=C(C(=O)O)N2C(=O)C(C(C)O)C2C1. The molecule has 4 atom stereocenters. The molecule has 0 saturated carbocycles. The zero-order valence-corrected chi connectivity index (χ0v) is 12.1. The van der Waals surface area contributed by atoms with Crippen LogP contribution in [0.25, 0.3) is 0 Å². The van der Waals surface area contributed by atoms with E-state index in [-0.39, 0.29) is 17.6 Å². The molecule has 0 bridgehead atoms. The van der Waals surface area contributed by atoms with Crippen molar-refractivity contribution < 1.29 is 19.8 Å². The molecule has 1 amide bonds. The van der Waals surface area contributed by atoms with Gasteiger partial charge < -0.3 is 15.1 Å². The van der Waals surface area contributed by atoms with E-state index in [1.165, 1.54) is 16.7 Å². The lowest BCUT2D eigenvalue weighted by Crippen LogP contribution is -2.61. The molecule has 19 heavy (non-hydrogen) atoms. The topological polar surface area (TPSA) is 77.8 Å². The van der Waals surface area contributed by atoms with Crippen LogP contribution in [-0.4, -0.2) is 44.4 Å². The Labute approximate surface area is 116 Å². The monoisotopic (exact) mass is 285 g/mol. The van der Waals surface area contributed by atoms with Gasteiger partial charge in [-0.1, -0.05) is 13.8 Å². The lowest BCUT2D eigenvalue weighted by Gasteiger charge is -2.44. The number of nitrogens with zero attached hydrogens (tertiary/aromatic N) is 1. The van der Waals surface area contributed by atoms with Gasteiger partial charge >= 0.3 is 5.97 Å². The van der Waals surface area contributed by atoms with Crippen LogP contribution in [0.4, 0.5) is 0 Å². The third kappa shape index (κ3) is 2.27. The molecule has 6 heteroatoms. The number of rotatable bonds is 5. The van der Waals surface area contributed by atoms with Crippen LogP contribution in [0.1, 0.15) is 33.6 Å². The number of aliphatic hydroxyl groups excluding tert-OH is 1. The Morgan fingerprint density at radius 1 is 1.53 bits per heavy atom. The standard InChI is InChI=1S/C13H19NO4S/c1-4-6(2)19-9-5-8-10(7(3)15)12(16)14(8)11(9)13(17)18/h6-8,10,15H,4-5H2,1-3H3,(H,17,18). The summed E-state index contributed by atoms with van der Waals surface area (Å²) in [6, 6.07) is -0.176. The number of fused-ring (bicyclic) bond motifs is 1. The number of aliphatic hydroxyl groups is 1. The van der Waals surface area contributed by atoms with Gasteiger partial charge in [0, 0.05) is 16.6 Å². The van der Waals surface area contributed by atoms with Gasteiger partial charge in [-0.3, -0.25) is 4.79 Å². The Morgan fingerprint density at radius 2 is 2.16 bits per heavy atom. The summed E-state index contributed by atoms with van der Waals surface area (Å²) in [4.78, 5) is 25.4. The first-order valence-electron chi connectivity index (χ1n) is 6.52. The summed E-state index contributed by atoms with van der Waals surface area (Å²) in [5.41, 5.74) is 0.122. The summed E-state index contributed by atoms with van der Waals surface area (Å²) < 4.78 is 0. The van der Waals surface area contributed by atoms with E-state index in [1.807, 2.05) is 13.8 Å². The first-order valence-corrected chi connectivity index (χ1v) is 7.40. The van der Waals surface area contributed by atoms with E-state index in [2.05, 4.69) is 0 Å². The maximum Gasteiger partial charge on any atom is 0.353 e. The van der Waals surface area contributed by atoms with Gasteiger partial charge in [-0.05, 0) is 13.3 Å². The Morgan fingerprint density at radius 3 is 2.63 bits per heavy atom. The van der Waals surface area contributed by atoms with E-state index in [0.717, 1.165) is 11.3 Å². The number of carboxylic acid groups (broad SMARTS) is 1. The molecule has 2 rings (SSSR count). The highest BCUT2D eigenvalue weighted by atomic mass is 32.2. The zero-order valence-electron chi connectivity index (χ0n) is 11.3. The van der Waals surface area contributed by atoms with Crippen molar-refractivity contribution in [1.82, 2.24) is 4.90 Å². The second kappa shape index (κ2) is 5.17. The van der Waals surface area contributed by atoms with Crippen LogP contribution in [0.3, 0.4) is 0 Å². The maximum atomic E-state index is 12.0. The molecule has 2 heterocycles. The zero-order chi connectivity index (χ0) is 14.3. The van der Waals surface area contributed by atoms with Crippen LogP contribution in [0.2, 0.25) is 0 Å². The van der Waals surface area contributed by atoms with Crippen LogP contribution in [0.5, 0.6) is 0 Å². The minimum Gasteiger partial charge on any atom is -0.477 e. The van der Waals surface area contributed by atoms with Crippen molar-refractivity contribution in [3.05, 3.63) is 10.6 Å². The van der Waals surface area contributed by atoms with Crippen LogP contribution in [-0.2, 0) is 9.59 Å². The van der Waals surface area contributed by atoms with Gasteiger partial charge in [-0.2, -0.15) is 0 Å². The average Bonchev–Trinajstić information content (AvgIpc) is 2.63. The summed E-state index contributed by atoms with van der Waals surface area (Å²) >= 11 is 1.53. The fourth-order valence-electron chi connectivity index (χ4n) is 2.66. The van der Waals surface area contributed by atoms with Crippen molar-refractivity contribution in [2.24, 2.45) is 5.92 Å². The highest BCUT2D eigenvalue weighted by Crippen LogP contribution is 2.48. The van der Waals surface area contributed by atoms with Crippen LogP contribution in [0.15, 0.2) is 10.6 Å². The van der Waals surface area contributed by atoms with E-state index in [4.69, 9.17) is 0 Å². The van der Waals surface area contributed by atoms with Crippen molar-refractivity contribution in [3.8, 4) is 0 Å². The minimum absolute atomic E-state index is 0.122. The third-order valence-corrected chi connectivity index (χ3v) is 5.19. The van der Waals surface area contributed by atoms with Crippen LogP contribution < -0.4 is 0 Å². The van der Waals surface area contributed by atoms with Gasteiger partial charge in [-0.25, -0.2) is 4.79 Å². The molecule has 2 N–H and O–H groups in total. The fraction of sp³-hybridized carbons (Fsp3) is 0.692. The molecular weight excluding hydrogens is 266 g/mol. The molecule has 5 nitrogen and oxygen atoms in total. The number of aliphatic carboxylic acids is 1. The molecule has 106 valence electrons. The summed E-state index contributed by atoms with van der Waals surface area (Å²) in [6.07, 6.45) is 0.772. The summed E-state index contributed by atoms with van der Waals surface area (Å²) in [7, 11) is 0. The number of carboxylic acids is 1. The van der Waals surface area contributed by atoms with E-state index in [1.54, 1.807) is 6.92 Å². The molecule has 0 aliphatic carbocycles. The van der Waals surface area contributed by atoms with Crippen molar-refractivity contribution in [1.29, 1.82) is 0 Å². The number of β-lactam (4-membered cyclic amide) rings is 1. The quantitative estimate of drug-likeness (QED) is 0.747. The molecule has 0 spiro atoms. The van der Waals surface area contributed by atoms with Crippen LogP contribution in [0, 0.1) is 5.92 Å². The van der Waals surface area contributed by atoms with Crippen molar-refractivity contribution >= 4 is 23.6 Å². The van der Waals surface area contributed by atoms with Gasteiger partial charge in [0.25, 0.3) is 0 Å². The average molecular weight is 285 g/mol. The highest BCUT2D eigenvalue weighted by molar-refractivity contribution is 8.03.